The number of piperazine rings is 1. The van der Waals surface area contributed by atoms with Crippen molar-refractivity contribution < 1.29 is 59.4 Å². The van der Waals surface area contributed by atoms with Crippen molar-refractivity contribution >= 4 is 29.3 Å². The second-order valence-corrected chi connectivity index (χ2v) is 19.0. The van der Waals surface area contributed by atoms with Crippen molar-refractivity contribution in [2.24, 2.45) is 11.7 Å². The van der Waals surface area contributed by atoms with E-state index in [1.54, 1.807) is 41.6 Å². The van der Waals surface area contributed by atoms with Gasteiger partial charge in [0.2, 0.25) is 12.6 Å². The maximum absolute atomic E-state index is 15.6. The van der Waals surface area contributed by atoms with Crippen LogP contribution in [0.25, 0.3) is 5.69 Å². The summed E-state index contributed by atoms with van der Waals surface area (Å²) < 4.78 is 59.8. The third-order valence-corrected chi connectivity index (χ3v) is 13.8. The van der Waals surface area contributed by atoms with Crippen molar-refractivity contribution in [1.29, 1.82) is 0 Å². The molecule has 2 saturated heterocycles. The van der Waals surface area contributed by atoms with E-state index in [1.165, 1.54) is 52.2 Å². The number of unbranched alkanes of at least 4 members (excludes halogenated alkanes) is 1. The highest BCUT2D eigenvalue weighted by Gasteiger charge is 2.46. The minimum absolute atomic E-state index is 0. The Bertz CT molecular complexity index is 2900. The molecule has 0 bridgehead atoms. The van der Waals surface area contributed by atoms with E-state index in [1.807, 2.05) is 62.4 Å². The van der Waals surface area contributed by atoms with Gasteiger partial charge in [0, 0.05) is 85.9 Å². The van der Waals surface area contributed by atoms with Crippen LogP contribution in [0.3, 0.4) is 0 Å². The molecule has 19 nitrogen and oxygen atoms in total. The lowest BCUT2D eigenvalue weighted by Crippen LogP contribution is -3.00. The molecule has 8 rings (SSSR count). The van der Waals surface area contributed by atoms with E-state index >= 15 is 4.39 Å². The summed E-state index contributed by atoms with van der Waals surface area (Å²) in [5, 5.41) is 18.9. The van der Waals surface area contributed by atoms with E-state index in [2.05, 4.69) is 25.0 Å². The van der Waals surface area contributed by atoms with Gasteiger partial charge in [-0.2, -0.15) is 9.67 Å². The maximum Gasteiger partial charge on any atom is 0.418 e. The number of nitrogens with zero attached hydrogens (tertiary/aromatic N) is 10. The lowest BCUT2D eigenvalue weighted by atomic mass is 9.87. The summed E-state index contributed by atoms with van der Waals surface area (Å²) in [6.07, 6.45) is 6.96. The summed E-state index contributed by atoms with van der Waals surface area (Å²) in [5.74, 6) is -1.23. The van der Waals surface area contributed by atoms with E-state index in [0.717, 1.165) is 56.5 Å². The van der Waals surface area contributed by atoms with Gasteiger partial charge in [0.25, 0.3) is 6.33 Å². The van der Waals surface area contributed by atoms with E-state index in [9.17, 15) is 23.9 Å². The third-order valence-electron chi connectivity index (χ3n) is 13.8. The number of benzene rings is 3. The van der Waals surface area contributed by atoms with Gasteiger partial charge < -0.3 is 52.0 Å². The van der Waals surface area contributed by atoms with Gasteiger partial charge in [-0.3, -0.25) is 9.69 Å². The summed E-state index contributed by atoms with van der Waals surface area (Å²) in [6.45, 7) is 10.9. The van der Waals surface area contributed by atoms with Crippen LogP contribution >= 0.6 is 0 Å². The minimum atomic E-state index is -1.23. The number of esters is 1. The number of pyridine rings is 1. The van der Waals surface area contributed by atoms with Crippen LogP contribution in [0.15, 0.2) is 109 Å². The maximum atomic E-state index is 15.6. The van der Waals surface area contributed by atoms with Crippen LogP contribution in [-0.4, -0.2) is 105 Å². The summed E-state index contributed by atoms with van der Waals surface area (Å²) >= 11 is 0. The summed E-state index contributed by atoms with van der Waals surface area (Å²) in [5.41, 5.74) is 7.95. The van der Waals surface area contributed by atoms with Crippen LogP contribution < -0.4 is 47.8 Å². The topological polar surface area (TPSA) is 201 Å². The van der Waals surface area contributed by atoms with Gasteiger partial charge in [-0.1, -0.05) is 38.8 Å². The summed E-state index contributed by atoms with van der Waals surface area (Å²) in [7, 11) is 1.50. The fourth-order valence-corrected chi connectivity index (χ4v) is 9.55. The van der Waals surface area contributed by atoms with Crippen molar-refractivity contribution in [2.75, 3.05) is 61.1 Å². The lowest BCUT2D eigenvalue weighted by Gasteiger charge is -2.37. The molecule has 0 aliphatic carbocycles. The van der Waals surface area contributed by atoms with E-state index in [-0.39, 0.29) is 61.8 Å². The Hall–Kier alpha value is -6.94. The number of aliphatic hydroxyl groups excluding tert-OH is 1. The third kappa shape index (κ3) is 13.1. The number of nitrogens with two attached hydrogens (primary N) is 1. The first-order valence-corrected chi connectivity index (χ1v) is 25.2. The second-order valence-electron chi connectivity index (χ2n) is 19.0. The standard InChI is InChI=1S/C53H66F2N11O8.ClH/c1-6-8-11-47(56)50(68)72-31-39-10-9-22-57-49(39)60(5)52(70)74-37(4)63-33-58-64(35-63)32-53(45-21-12-40(54)27-46(45)55)28-38(30-73-53)29-71-44-19-17-42(18-20-44)62-25-23-61(24-26-62)41-13-15-43(16-14-41)65-34-59-66(51(65)69)48(7-2)36(3)67;/h9-10,12-22,27,33-38,47-48,67H,6-8,11,23-26,28-32,56H2,1-5H3;1H/q+1;/p-1/t36-,37?,38+,47-,48-,53-;/m0./s1. The van der Waals surface area contributed by atoms with Gasteiger partial charge in [0.15, 0.2) is 0 Å². The minimum Gasteiger partial charge on any atom is -1.00 e. The number of rotatable bonds is 21. The Kier molecular flexibility index (Phi) is 18.6. The molecular formula is C53H66ClF2N11O8. The van der Waals surface area contributed by atoms with Crippen molar-refractivity contribution in [3.05, 3.63) is 137 Å². The summed E-state index contributed by atoms with van der Waals surface area (Å²) in [4.78, 5) is 49.2. The molecule has 2 aliphatic heterocycles. The predicted octanol–water partition coefficient (Wildman–Crippen LogP) is 3.22. The molecule has 2 fully saturated rings. The second kappa shape index (κ2) is 25.1. The molecule has 3 aromatic heterocycles. The van der Waals surface area contributed by atoms with E-state index < -0.39 is 53.7 Å². The molecule has 402 valence electrons. The SMILES string of the molecule is CCCC[C@H](N)C(=O)OCc1cccnc1N(C)C(=O)OC(C)[n+]1cnn(C[C@]2(c3ccc(F)cc3F)C[C@H](COc3ccc(N4CCN(c5ccc(-n6cnn([C@@H](CC)[C@H](C)O)c6=O)cc5)CC4)cc3)CO2)c1.[Cl-]. The molecular weight excluding hydrogens is 992 g/mol. The van der Waals surface area contributed by atoms with Gasteiger partial charge in [-0.05, 0) is 86.8 Å². The largest absolute Gasteiger partial charge is 1.00 e. The average molecular weight is 1060 g/mol. The number of carbonyl (C=O) groups excluding carboxylic acids is 2. The van der Waals surface area contributed by atoms with Crippen LogP contribution in [0.4, 0.5) is 30.8 Å². The van der Waals surface area contributed by atoms with Crippen molar-refractivity contribution in [1.82, 2.24) is 29.1 Å². The van der Waals surface area contributed by atoms with Gasteiger partial charge in [0.1, 0.15) is 54.3 Å². The van der Waals surface area contributed by atoms with Crippen LogP contribution in [0.2, 0.25) is 0 Å². The first kappa shape index (κ1) is 55.8. The zero-order valence-electron chi connectivity index (χ0n) is 42.9. The molecule has 1 amide bonds. The van der Waals surface area contributed by atoms with E-state index in [4.69, 9.17) is 24.7 Å². The van der Waals surface area contributed by atoms with Gasteiger partial charge >= 0.3 is 17.8 Å². The predicted molar refractivity (Wildman–Crippen MR) is 271 cm³/mol. The molecule has 0 saturated carbocycles. The quantitative estimate of drug-likeness (QED) is 0.0787. The van der Waals surface area contributed by atoms with Crippen molar-refractivity contribution in [3.8, 4) is 11.4 Å². The molecule has 6 atom stereocenters. The Morgan fingerprint density at radius 2 is 1.65 bits per heavy atom. The molecule has 2 aliphatic rings. The van der Waals surface area contributed by atoms with E-state index in [0.29, 0.717) is 36.3 Å². The van der Waals surface area contributed by atoms with Crippen molar-refractivity contribution in [3.63, 3.8) is 0 Å². The van der Waals surface area contributed by atoms with Crippen molar-refractivity contribution in [2.45, 2.75) is 103 Å². The molecule has 75 heavy (non-hydrogen) atoms. The molecule has 0 spiro atoms. The highest BCUT2D eigenvalue weighted by atomic mass is 35.5. The van der Waals surface area contributed by atoms with Crippen LogP contribution in [-0.2, 0) is 37.8 Å². The molecule has 5 heterocycles. The molecule has 3 aromatic carbocycles. The Morgan fingerprint density at radius 3 is 2.31 bits per heavy atom. The Morgan fingerprint density at radius 1 is 0.973 bits per heavy atom. The number of amides is 1. The molecule has 6 aromatic rings. The number of halogens is 3. The first-order valence-electron chi connectivity index (χ1n) is 25.2. The Balaban J connectivity index is 0.00000820. The Labute approximate surface area is 440 Å². The normalized spacial score (nSPS) is 18.2. The summed E-state index contributed by atoms with van der Waals surface area (Å²) in [6, 6.07) is 21.5. The molecule has 1 unspecified atom stereocenters. The van der Waals surface area contributed by atoms with Crippen LogP contribution in [0, 0.1) is 17.6 Å². The zero-order valence-corrected chi connectivity index (χ0v) is 43.6. The number of hydrogen-bond acceptors (Lipinski definition) is 14. The van der Waals surface area contributed by atoms with Gasteiger partial charge in [-0.25, -0.2) is 32.6 Å². The van der Waals surface area contributed by atoms with Gasteiger partial charge in [-0.15, -0.1) is 4.68 Å². The first-order chi connectivity index (χ1) is 35.7. The number of anilines is 3. The van der Waals surface area contributed by atoms with Gasteiger partial charge in [0.05, 0.1) is 31.0 Å². The highest BCUT2D eigenvalue weighted by molar-refractivity contribution is 5.86. The number of carbonyl (C=O) groups is 2. The number of hydrogen-bond donors (Lipinski definition) is 2. The lowest BCUT2D eigenvalue weighted by molar-refractivity contribution is -0.753. The monoisotopic (exact) mass is 1060 g/mol. The zero-order chi connectivity index (χ0) is 52.5. The number of aliphatic hydroxyl groups is 1. The number of ether oxygens (including phenoxy) is 4. The molecule has 22 heteroatoms. The van der Waals surface area contributed by atoms with Crippen LogP contribution in [0.5, 0.6) is 5.75 Å². The molecule has 0 radical (unpaired) electrons. The smallest absolute Gasteiger partial charge is 0.418 e. The fourth-order valence-electron chi connectivity index (χ4n) is 9.55. The van der Waals surface area contributed by atoms with Crippen LogP contribution in [0.1, 0.15) is 83.2 Å². The average Bonchev–Trinajstić information content (AvgIpc) is 4.16. The number of aromatic nitrogens is 7. The highest BCUT2D eigenvalue weighted by Crippen LogP contribution is 2.42. The fraction of sp³-hybridized carbons (Fsp3) is 0.453. The molecule has 3 N–H and O–H groups in total.